The van der Waals surface area contributed by atoms with Crippen molar-refractivity contribution in [2.24, 2.45) is 11.3 Å². The van der Waals surface area contributed by atoms with Crippen LogP contribution in [-0.2, 0) is 28.5 Å². The van der Waals surface area contributed by atoms with Gasteiger partial charge in [-0.2, -0.15) is 0 Å². The number of fused-ring (bicyclic) bond motifs is 1. The zero-order chi connectivity index (χ0) is 15.5. The quantitative estimate of drug-likeness (QED) is 0.569. The maximum absolute atomic E-state index is 11.6. The van der Waals surface area contributed by atoms with E-state index in [0.29, 0.717) is 12.5 Å². The molecular formula is C16H22O6. The third-order valence-corrected chi connectivity index (χ3v) is 5.90. The molecule has 0 N–H and O–H groups in total. The smallest absolute Gasteiger partial charge is 0.304 e. The van der Waals surface area contributed by atoms with Crippen molar-refractivity contribution in [3.05, 3.63) is 0 Å². The average molecular weight is 310 g/mol. The number of carbonyl (C=O) groups excluding carboxylic acids is 2. The van der Waals surface area contributed by atoms with Crippen molar-refractivity contribution in [2.45, 2.75) is 70.1 Å². The Bertz CT molecular complexity index is 493. The maximum atomic E-state index is 11.6. The molecule has 0 aromatic carbocycles. The highest BCUT2D eigenvalue weighted by Crippen LogP contribution is 2.68. The van der Waals surface area contributed by atoms with Gasteiger partial charge in [0.15, 0.2) is 0 Å². The first-order chi connectivity index (χ1) is 10.5. The molecule has 0 aromatic rings. The van der Waals surface area contributed by atoms with Crippen molar-refractivity contribution >= 4 is 11.9 Å². The van der Waals surface area contributed by atoms with Crippen LogP contribution >= 0.6 is 0 Å². The molecule has 5 rings (SSSR count). The van der Waals surface area contributed by atoms with Crippen molar-refractivity contribution in [3.63, 3.8) is 0 Å². The molecule has 0 amide bonds. The van der Waals surface area contributed by atoms with Crippen LogP contribution in [0.4, 0.5) is 0 Å². The lowest BCUT2D eigenvalue weighted by atomic mass is 9.50. The Labute approximate surface area is 129 Å². The Kier molecular flexibility index (Phi) is 3.07. The lowest BCUT2D eigenvalue weighted by Gasteiger charge is -2.62. The fourth-order valence-electron chi connectivity index (χ4n) is 5.25. The van der Waals surface area contributed by atoms with Gasteiger partial charge in [-0.05, 0) is 31.6 Å². The SMILES string of the molecule is CC(=O)OC1O[C@@H]2C[C@@H]3CCC[C@H](OC(C)=O)[C@]13[C@@]1(CO1)C2. The summed E-state index contributed by atoms with van der Waals surface area (Å²) >= 11 is 0. The normalized spacial score (nSPS) is 48.6. The predicted molar refractivity (Wildman–Crippen MR) is 73.7 cm³/mol. The third-order valence-electron chi connectivity index (χ3n) is 5.90. The Morgan fingerprint density at radius 2 is 1.86 bits per heavy atom. The lowest BCUT2D eigenvalue weighted by molar-refractivity contribution is -0.346. The van der Waals surface area contributed by atoms with Crippen LogP contribution in [0, 0.1) is 11.3 Å². The molecule has 5 aliphatic rings. The van der Waals surface area contributed by atoms with Gasteiger partial charge in [0.2, 0.25) is 6.29 Å². The highest BCUT2D eigenvalue weighted by atomic mass is 16.7. The molecule has 2 bridgehead atoms. The molecule has 2 aliphatic carbocycles. The summed E-state index contributed by atoms with van der Waals surface area (Å²) in [5, 5.41) is 0. The van der Waals surface area contributed by atoms with Crippen LogP contribution in [0.5, 0.6) is 0 Å². The van der Waals surface area contributed by atoms with Gasteiger partial charge in [-0.25, -0.2) is 0 Å². The first-order valence-electron chi connectivity index (χ1n) is 8.12. The summed E-state index contributed by atoms with van der Waals surface area (Å²) in [5.41, 5.74) is -0.892. The summed E-state index contributed by atoms with van der Waals surface area (Å²) in [5.74, 6) is -0.358. The van der Waals surface area contributed by atoms with Crippen LogP contribution < -0.4 is 0 Å². The van der Waals surface area contributed by atoms with Crippen molar-refractivity contribution in [1.82, 2.24) is 0 Å². The van der Waals surface area contributed by atoms with Crippen LogP contribution in [0.3, 0.4) is 0 Å². The summed E-state index contributed by atoms with van der Waals surface area (Å²) in [6.45, 7) is 3.46. The summed E-state index contributed by atoms with van der Waals surface area (Å²) in [6, 6.07) is 0. The lowest BCUT2D eigenvalue weighted by Crippen LogP contribution is -2.71. The number of ether oxygens (including phenoxy) is 4. The molecule has 6 heteroatoms. The zero-order valence-electron chi connectivity index (χ0n) is 13.0. The molecule has 0 radical (unpaired) electrons. The van der Waals surface area contributed by atoms with Crippen LogP contribution in [0.2, 0.25) is 0 Å². The number of epoxide rings is 1. The number of carbonyl (C=O) groups is 2. The van der Waals surface area contributed by atoms with Crippen molar-refractivity contribution in [3.8, 4) is 0 Å². The molecule has 2 saturated carbocycles. The highest BCUT2D eigenvalue weighted by Gasteiger charge is 2.79. The van der Waals surface area contributed by atoms with E-state index in [1.807, 2.05) is 0 Å². The van der Waals surface area contributed by atoms with Crippen molar-refractivity contribution in [1.29, 1.82) is 0 Å². The van der Waals surface area contributed by atoms with E-state index >= 15 is 0 Å². The standard InChI is InChI=1S/C16H22O6/c1-9(17)20-13-5-3-4-11-6-12-7-15(8-19-15)16(11,13)14(22-12)21-10(2)18/h11-14H,3-8H2,1-2H3/t11-,12+,13-,14?,15-,16-/m0/s1. The van der Waals surface area contributed by atoms with Gasteiger partial charge >= 0.3 is 11.9 Å². The summed E-state index contributed by atoms with van der Waals surface area (Å²) in [6.07, 6.45) is 3.65. The second kappa shape index (κ2) is 4.68. The second-order valence-corrected chi connectivity index (χ2v) is 7.08. The first kappa shape index (κ1) is 14.5. The van der Waals surface area contributed by atoms with E-state index in [2.05, 4.69) is 0 Å². The summed E-state index contributed by atoms with van der Waals surface area (Å²) in [4.78, 5) is 23.2. The van der Waals surface area contributed by atoms with E-state index in [1.54, 1.807) is 0 Å². The predicted octanol–water partition coefficient (Wildman–Crippen LogP) is 1.56. The maximum Gasteiger partial charge on any atom is 0.304 e. The number of esters is 2. The molecule has 3 heterocycles. The van der Waals surface area contributed by atoms with Crippen LogP contribution in [0.25, 0.3) is 0 Å². The monoisotopic (exact) mass is 310 g/mol. The van der Waals surface area contributed by atoms with Gasteiger partial charge in [0.25, 0.3) is 0 Å². The van der Waals surface area contributed by atoms with Gasteiger partial charge in [0, 0.05) is 20.3 Å². The van der Waals surface area contributed by atoms with Gasteiger partial charge in [0.05, 0.1) is 12.7 Å². The van der Waals surface area contributed by atoms with Gasteiger partial charge in [0.1, 0.15) is 17.1 Å². The van der Waals surface area contributed by atoms with Gasteiger partial charge in [-0.1, -0.05) is 0 Å². The largest absolute Gasteiger partial charge is 0.462 e. The Hall–Kier alpha value is -1.14. The molecule has 3 saturated heterocycles. The Morgan fingerprint density at radius 1 is 1.14 bits per heavy atom. The minimum atomic E-state index is -0.672. The average Bonchev–Trinajstić information content (AvgIpc) is 3.17. The fourth-order valence-corrected chi connectivity index (χ4v) is 5.25. The second-order valence-electron chi connectivity index (χ2n) is 7.08. The number of hydrogen-bond acceptors (Lipinski definition) is 6. The molecule has 6 nitrogen and oxygen atoms in total. The Morgan fingerprint density at radius 3 is 2.50 bits per heavy atom. The molecule has 2 spiro atoms. The molecule has 5 fully saturated rings. The minimum Gasteiger partial charge on any atom is -0.462 e. The molecule has 0 aromatic heterocycles. The van der Waals surface area contributed by atoms with Crippen molar-refractivity contribution in [2.75, 3.05) is 6.61 Å². The van der Waals surface area contributed by atoms with E-state index in [1.165, 1.54) is 13.8 Å². The Balaban J connectivity index is 1.78. The number of rotatable bonds is 2. The molecule has 6 atom stereocenters. The van der Waals surface area contributed by atoms with Crippen LogP contribution in [0.1, 0.15) is 46.0 Å². The van der Waals surface area contributed by atoms with Gasteiger partial charge in [-0.15, -0.1) is 0 Å². The first-order valence-corrected chi connectivity index (χ1v) is 8.12. The molecule has 1 unspecified atom stereocenters. The summed E-state index contributed by atoms with van der Waals surface area (Å²) < 4.78 is 23.1. The van der Waals surface area contributed by atoms with E-state index in [9.17, 15) is 9.59 Å². The topological polar surface area (TPSA) is 74.4 Å². The summed E-state index contributed by atoms with van der Waals surface area (Å²) in [7, 11) is 0. The van der Waals surface area contributed by atoms with E-state index in [-0.39, 0.29) is 29.7 Å². The van der Waals surface area contributed by atoms with E-state index in [4.69, 9.17) is 18.9 Å². The number of hydrogen-bond donors (Lipinski definition) is 0. The molecule has 122 valence electrons. The minimum absolute atomic E-state index is 0.0646. The van der Waals surface area contributed by atoms with Gasteiger partial charge in [-0.3, -0.25) is 9.59 Å². The third kappa shape index (κ3) is 1.80. The zero-order valence-corrected chi connectivity index (χ0v) is 13.0. The fraction of sp³-hybridized carbons (Fsp3) is 0.875. The van der Waals surface area contributed by atoms with Crippen LogP contribution in [-0.4, -0.2) is 42.6 Å². The highest BCUT2D eigenvalue weighted by molar-refractivity contribution is 5.67. The van der Waals surface area contributed by atoms with E-state index in [0.717, 1.165) is 32.1 Å². The molecule has 22 heavy (non-hydrogen) atoms. The van der Waals surface area contributed by atoms with E-state index < -0.39 is 11.7 Å². The molecule has 3 aliphatic heterocycles. The van der Waals surface area contributed by atoms with Gasteiger partial charge < -0.3 is 18.9 Å². The molecular weight excluding hydrogens is 288 g/mol. The van der Waals surface area contributed by atoms with Crippen molar-refractivity contribution < 1.29 is 28.5 Å². The van der Waals surface area contributed by atoms with Crippen LogP contribution in [0.15, 0.2) is 0 Å².